The van der Waals surface area contributed by atoms with Gasteiger partial charge in [0.1, 0.15) is 11.5 Å². The van der Waals surface area contributed by atoms with Crippen LogP contribution >= 0.6 is 12.4 Å². The van der Waals surface area contributed by atoms with Gasteiger partial charge in [0.25, 0.3) is 0 Å². The second kappa shape index (κ2) is 8.36. The predicted octanol–water partition coefficient (Wildman–Crippen LogP) is 3.58. The molecule has 0 heterocycles. The minimum absolute atomic E-state index is 0. The van der Waals surface area contributed by atoms with Crippen LogP contribution in [0.5, 0.6) is 11.5 Å². The highest BCUT2D eigenvalue weighted by Crippen LogP contribution is 2.28. The Kier molecular flexibility index (Phi) is 7.02. The third-order valence-electron chi connectivity index (χ3n) is 3.40. The zero-order chi connectivity index (χ0) is 17.8. The molecule has 2 rings (SSSR count). The number of sulfone groups is 1. The van der Waals surface area contributed by atoms with Crippen molar-refractivity contribution in [3.63, 3.8) is 0 Å². The molecule has 0 unspecified atom stereocenters. The molecule has 2 aromatic rings. The topological polar surface area (TPSA) is 86.5 Å². The molecule has 0 spiro atoms. The first-order chi connectivity index (χ1) is 11.2. The fourth-order valence-corrected chi connectivity index (χ4v) is 4.31. The second-order valence-electron chi connectivity index (χ2n) is 6.45. The number of amides is 1. The molecule has 0 aliphatic heterocycles. The number of nitrogens with two attached hydrogens (primary N) is 1. The fraction of sp³-hybridized carbons (Fsp3) is 0.278. The van der Waals surface area contributed by atoms with Crippen LogP contribution in [0.15, 0.2) is 59.5 Å². The van der Waals surface area contributed by atoms with Crippen LogP contribution in [0.3, 0.4) is 0 Å². The Bertz CT molecular complexity index is 803. The number of ether oxygens (including phenoxy) is 1. The largest absolute Gasteiger partial charge is 0.457 e. The average molecular weight is 384 g/mol. The lowest BCUT2D eigenvalue weighted by molar-refractivity contribution is -0.119. The summed E-state index contributed by atoms with van der Waals surface area (Å²) in [5, 5.41) is 0. The van der Waals surface area contributed by atoms with Gasteiger partial charge in [0.15, 0.2) is 9.84 Å². The summed E-state index contributed by atoms with van der Waals surface area (Å²) in [6.07, 6.45) is 0.0153. The Morgan fingerprint density at radius 3 is 2.04 bits per heavy atom. The van der Waals surface area contributed by atoms with Crippen LogP contribution in [-0.4, -0.2) is 20.1 Å². The van der Waals surface area contributed by atoms with Crippen LogP contribution in [0.25, 0.3) is 0 Å². The Labute approximate surface area is 154 Å². The lowest BCUT2D eigenvalue weighted by Gasteiger charge is -2.22. The highest BCUT2D eigenvalue weighted by molar-refractivity contribution is 7.91. The molecule has 0 aromatic heterocycles. The van der Waals surface area contributed by atoms with Crippen molar-refractivity contribution in [1.29, 1.82) is 0 Å². The van der Waals surface area contributed by atoms with Gasteiger partial charge >= 0.3 is 0 Å². The number of halogens is 1. The normalized spacial score (nSPS) is 11.4. The molecular formula is C18H22ClNO4S. The number of rotatable bonds is 7. The first-order valence-electron chi connectivity index (χ1n) is 7.52. The second-order valence-corrected chi connectivity index (χ2v) is 8.44. The van der Waals surface area contributed by atoms with Crippen molar-refractivity contribution in [2.45, 2.75) is 25.2 Å². The summed E-state index contributed by atoms with van der Waals surface area (Å²) in [5.74, 6) is 0.566. The van der Waals surface area contributed by atoms with Crippen LogP contribution in [0.4, 0.5) is 0 Å². The van der Waals surface area contributed by atoms with E-state index in [1.165, 1.54) is 12.1 Å². The summed E-state index contributed by atoms with van der Waals surface area (Å²) < 4.78 is 30.7. The summed E-state index contributed by atoms with van der Waals surface area (Å²) in [5.41, 5.74) is 4.46. The van der Waals surface area contributed by atoms with Crippen LogP contribution < -0.4 is 10.5 Å². The highest BCUT2D eigenvalue weighted by atomic mass is 35.5. The van der Waals surface area contributed by atoms with Gasteiger partial charge in [0.2, 0.25) is 5.91 Å². The van der Waals surface area contributed by atoms with Gasteiger partial charge in [-0.1, -0.05) is 32.0 Å². The quantitative estimate of drug-likeness (QED) is 0.791. The van der Waals surface area contributed by atoms with E-state index in [4.69, 9.17) is 10.5 Å². The number of carbonyl (C=O) groups is 1. The Morgan fingerprint density at radius 2 is 1.52 bits per heavy atom. The van der Waals surface area contributed by atoms with Crippen molar-refractivity contribution in [3.05, 3.63) is 54.6 Å². The summed E-state index contributed by atoms with van der Waals surface area (Å²) in [6.45, 7) is 3.42. The van der Waals surface area contributed by atoms with Gasteiger partial charge in [-0.25, -0.2) is 8.42 Å². The van der Waals surface area contributed by atoms with E-state index in [0.29, 0.717) is 11.5 Å². The van der Waals surface area contributed by atoms with Crippen LogP contribution in [0, 0.1) is 5.41 Å². The monoisotopic (exact) mass is 383 g/mol. The van der Waals surface area contributed by atoms with Crippen molar-refractivity contribution in [2.75, 3.05) is 5.75 Å². The molecule has 25 heavy (non-hydrogen) atoms. The Balaban J connectivity index is 0.00000312. The number of primary amides is 1. The Morgan fingerprint density at radius 1 is 1.00 bits per heavy atom. The predicted molar refractivity (Wildman–Crippen MR) is 99.9 cm³/mol. The fourth-order valence-electron chi connectivity index (χ4n) is 2.46. The summed E-state index contributed by atoms with van der Waals surface area (Å²) in [7, 11) is -3.52. The minimum Gasteiger partial charge on any atom is -0.457 e. The van der Waals surface area contributed by atoms with Crippen molar-refractivity contribution in [2.24, 2.45) is 11.1 Å². The molecule has 0 bridgehead atoms. The van der Waals surface area contributed by atoms with Gasteiger partial charge in [-0.15, -0.1) is 12.4 Å². The molecule has 1 amide bonds. The summed E-state index contributed by atoms with van der Waals surface area (Å²) in [4.78, 5) is 11.3. The Hall–Kier alpha value is -2.05. The van der Waals surface area contributed by atoms with E-state index < -0.39 is 21.2 Å². The number of carbonyl (C=O) groups excluding carboxylic acids is 1. The van der Waals surface area contributed by atoms with Crippen LogP contribution in [-0.2, 0) is 14.6 Å². The summed E-state index contributed by atoms with van der Waals surface area (Å²) >= 11 is 0. The van der Waals surface area contributed by atoms with E-state index in [9.17, 15) is 13.2 Å². The molecular weight excluding hydrogens is 362 g/mol. The van der Waals surface area contributed by atoms with Gasteiger partial charge < -0.3 is 10.5 Å². The van der Waals surface area contributed by atoms with E-state index in [-0.39, 0.29) is 29.5 Å². The molecule has 2 aromatic carbocycles. The third-order valence-corrected chi connectivity index (χ3v) is 5.55. The van der Waals surface area contributed by atoms with Crippen LogP contribution in [0.1, 0.15) is 20.3 Å². The smallest absolute Gasteiger partial charge is 0.217 e. The lowest BCUT2D eigenvalue weighted by Crippen LogP contribution is -2.29. The van der Waals surface area contributed by atoms with Gasteiger partial charge in [0.05, 0.1) is 10.6 Å². The molecule has 7 heteroatoms. The van der Waals surface area contributed by atoms with Crippen molar-refractivity contribution < 1.29 is 17.9 Å². The highest BCUT2D eigenvalue weighted by Gasteiger charge is 2.29. The van der Waals surface area contributed by atoms with Gasteiger partial charge in [-0.05, 0) is 41.8 Å². The number of hydrogen-bond donors (Lipinski definition) is 1. The van der Waals surface area contributed by atoms with E-state index >= 15 is 0 Å². The van der Waals surface area contributed by atoms with Gasteiger partial charge in [-0.2, -0.15) is 0 Å². The number of hydrogen-bond acceptors (Lipinski definition) is 4. The molecule has 0 radical (unpaired) electrons. The third kappa shape index (κ3) is 6.40. The van der Waals surface area contributed by atoms with E-state index in [1.807, 2.05) is 30.3 Å². The van der Waals surface area contributed by atoms with Crippen molar-refractivity contribution in [3.8, 4) is 11.5 Å². The molecule has 0 fully saturated rings. The molecule has 136 valence electrons. The number of benzene rings is 2. The zero-order valence-electron chi connectivity index (χ0n) is 14.1. The average Bonchev–Trinajstić information content (AvgIpc) is 2.46. The standard InChI is InChI=1S/C18H21NO4S.ClH/c1-18(2,12-17(19)20)13-24(21,22)16-10-8-15(9-11-16)23-14-6-4-3-5-7-14;/h3-11H,12-13H2,1-2H3,(H2,19,20);1H. The lowest BCUT2D eigenvalue weighted by atomic mass is 9.92. The first kappa shape index (κ1) is 21.0. The van der Waals surface area contributed by atoms with E-state index in [0.717, 1.165) is 0 Å². The molecule has 2 N–H and O–H groups in total. The minimum atomic E-state index is -3.52. The van der Waals surface area contributed by atoms with E-state index in [1.54, 1.807) is 26.0 Å². The molecule has 5 nitrogen and oxygen atoms in total. The van der Waals surface area contributed by atoms with E-state index in [2.05, 4.69) is 0 Å². The zero-order valence-corrected chi connectivity index (χ0v) is 15.8. The maximum Gasteiger partial charge on any atom is 0.217 e. The molecule has 0 saturated carbocycles. The SMILES string of the molecule is CC(C)(CC(N)=O)CS(=O)(=O)c1ccc(Oc2ccccc2)cc1.Cl. The van der Waals surface area contributed by atoms with Gasteiger partial charge in [0, 0.05) is 6.42 Å². The van der Waals surface area contributed by atoms with Gasteiger partial charge in [-0.3, -0.25) is 4.79 Å². The molecule has 0 atom stereocenters. The number of para-hydroxylation sites is 1. The maximum atomic E-state index is 12.5. The molecule has 0 saturated heterocycles. The first-order valence-corrected chi connectivity index (χ1v) is 9.17. The molecule has 0 aliphatic rings. The van der Waals surface area contributed by atoms with Crippen LogP contribution in [0.2, 0.25) is 0 Å². The summed E-state index contributed by atoms with van der Waals surface area (Å²) in [6, 6.07) is 15.5. The maximum absolute atomic E-state index is 12.5. The van der Waals surface area contributed by atoms with Crippen molar-refractivity contribution in [1.82, 2.24) is 0 Å². The van der Waals surface area contributed by atoms with Crippen molar-refractivity contribution >= 4 is 28.2 Å². The molecule has 0 aliphatic carbocycles.